The Labute approximate surface area is 110 Å². The van der Waals surface area contributed by atoms with Gasteiger partial charge in [0.1, 0.15) is 23.1 Å². The standard InChI is InChI=1S/C13H16N2O2S/c1-9(14)11-4-3-10(16-2)7-12(11)17-8-13-15-5-6-18-13/h3-7,9H,8,14H2,1-2H3. The maximum Gasteiger partial charge on any atom is 0.140 e. The maximum absolute atomic E-state index is 5.92. The van der Waals surface area contributed by atoms with Crippen LogP contribution in [0.2, 0.25) is 0 Å². The third-order valence-corrected chi connectivity index (χ3v) is 3.30. The Bertz CT molecular complexity index is 498. The number of nitrogens with two attached hydrogens (primary N) is 1. The van der Waals surface area contributed by atoms with Gasteiger partial charge in [0.05, 0.1) is 7.11 Å². The number of benzene rings is 1. The zero-order valence-corrected chi connectivity index (χ0v) is 11.2. The molecule has 2 N–H and O–H groups in total. The van der Waals surface area contributed by atoms with Crippen molar-refractivity contribution in [3.8, 4) is 11.5 Å². The molecule has 1 atom stereocenters. The van der Waals surface area contributed by atoms with E-state index in [1.54, 1.807) is 24.6 Å². The molecule has 0 aliphatic heterocycles. The van der Waals surface area contributed by atoms with Crippen LogP contribution in [0.5, 0.6) is 11.5 Å². The molecule has 96 valence electrons. The molecule has 4 nitrogen and oxygen atoms in total. The van der Waals surface area contributed by atoms with Crippen molar-refractivity contribution in [2.45, 2.75) is 19.6 Å². The summed E-state index contributed by atoms with van der Waals surface area (Å²) in [5.41, 5.74) is 6.89. The molecule has 1 unspecified atom stereocenters. The van der Waals surface area contributed by atoms with Gasteiger partial charge in [-0.1, -0.05) is 6.07 Å². The lowest BCUT2D eigenvalue weighted by atomic mass is 10.1. The quantitative estimate of drug-likeness (QED) is 0.902. The zero-order valence-electron chi connectivity index (χ0n) is 10.4. The van der Waals surface area contributed by atoms with Crippen LogP contribution in [0.4, 0.5) is 0 Å². The minimum Gasteiger partial charge on any atom is -0.497 e. The van der Waals surface area contributed by atoms with E-state index in [2.05, 4.69) is 4.98 Å². The van der Waals surface area contributed by atoms with E-state index in [4.69, 9.17) is 15.2 Å². The fourth-order valence-corrected chi connectivity index (χ4v) is 2.13. The van der Waals surface area contributed by atoms with Crippen molar-refractivity contribution in [1.82, 2.24) is 4.98 Å². The molecule has 0 aliphatic rings. The lowest BCUT2D eigenvalue weighted by molar-refractivity contribution is 0.298. The van der Waals surface area contributed by atoms with Crippen LogP contribution >= 0.6 is 11.3 Å². The summed E-state index contributed by atoms with van der Waals surface area (Å²) in [6.07, 6.45) is 1.77. The summed E-state index contributed by atoms with van der Waals surface area (Å²) >= 11 is 1.57. The molecule has 1 aromatic carbocycles. The summed E-state index contributed by atoms with van der Waals surface area (Å²) in [6.45, 7) is 2.38. The van der Waals surface area contributed by atoms with Crippen LogP contribution in [0.3, 0.4) is 0 Å². The van der Waals surface area contributed by atoms with Crippen LogP contribution in [-0.2, 0) is 6.61 Å². The number of hydrogen-bond donors (Lipinski definition) is 1. The highest BCUT2D eigenvalue weighted by molar-refractivity contribution is 7.09. The van der Waals surface area contributed by atoms with Crippen LogP contribution in [0.25, 0.3) is 0 Å². The average molecular weight is 264 g/mol. The number of methoxy groups -OCH3 is 1. The molecule has 2 rings (SSSR count). The second kappa shape index (κ2) is 5.84. The predicted octanol–water partition coefficient (Wildman–Crippen LogP) is 2.75. The first-order valence-corrected chi connectivity index (χ1v) is 6.53. The monoisotopic (exact) mass is 264 g/mol. The molecule has 0 bridgehead atoms. The fraction of sp³-hybridized carbons (Fsp3) is 0.308. The van der Waals surface area contributed by atoms with Gasteiger partial charge in [-0.25, -0.2) is 4.98 Å². The molecule has 0 saturated heterocycles. The molecule has 0 saturated carbocycles. The van der Waals surface area contributed by atoms with Gasteiger partial charge in [-0.2, -0.15) is 0 Å². The van der Waals surface area contributed by atoms with Crippen LogP contribution in [0.15, 0.2) is 29.8 Å². The first-order valence-electron chi connectivity index (χ1n) is 5.65. The number of ether oxygens (including phenoxy) is 2. The van der Waals surface area contributed by atoms with Gasteiger partial charge in [0.2, 0.25) is 0 Å². The highest BCUT2D eigenvalue weighted by Gasteiger charge is 2.10. The summed E-state index contributed by atoms with van der Waals surface area (Å²) in [6, 6.07) is 5.59. The smallest absolute Gasteiger partial charge is 0.140 e. The minimum atomic E-state index is -0.0813. The van der Waals surface area contributed by atoms with Gasteiger partial charge in [-0.15, -0.1) is 11.3 Å². The topological polar surface area (TPSA) is 57.4 Å². The Hall–Kier alpha value is -1.59. The van der Waals surface area contributed by atoms with Crippen molar-refractivity contribution < 1.29 is 9.47 Å². The molecule has 2 aromatic rings. The number of nitrogens with zero attached hydrogens (tertiary/aromatic N) is 1. The summed E-state index contributed by atoms with van der Waals surface area (Å²) < 4.78 is 11.0. The SMILES string of the molecule is COc1ccc(C(C)N)c(OCc2nccs2)c1. The largest absolute Gasteiger partial charge is 0.497 e. The molecule has 0 aliphatic carbocycles. The van der Waals surface area contributed by atoms with Crippen LogP contribution in [0.1, 0.15) is 23.5 Å². The zero-order chi connectivity index (χ0) is 13.0. The number of thiazole rings is 1. The molecule has 0 radical (unpaired) electrons. The van der Waals surface area contributed by atoms with Crippen molar-refractivity contribution in [2.75, 3.05) is 7.11 Å². The number of rotatable bonds is 5. The Morgan fingerprint density at radius 3 is 2.89 bits per heavy atom. The molecule has 0 spiro atoms. The van der Waals surface area contributed by atoms with Crippen LogP contribution in [-0.4, -0.2) is 12.1 Å². The Kier molecular flexibility index (Phi) is 4.17. The first kappa shape index (κ1) is 12.9. The lowest BCUT2D eigenvalue weighted by Crippen LogP contribution is -2.08. The van der Waals surface area contributed by atoms with Crippen molar-refractivity contribution in [2.24, 2.45) is 5.73 Å². The van der Waals surface area contributed by atoms with E-state index in [0.29, 0.717) is 6.61 Å². The molecule has 1 heterocycles. The maximum atomic E-state index is 5.92. The van der Waals surface area contributed by atoms with E-state index in [0.717, 1.165) is 22.1 Å². The van der Waals surface area contributed by atoms with Crippen LogP contribution in [0, 0.1) is 0 Å². The van der Waals surface area contributed by atoms with Gasteiger partial charge >= 0.3 is 0 Å². The van der Waals surface area contributed by atoms with E-state index in [-0.39, 0.29) is 6.04 Å². The van der Waals surface area contributed by atoms with E-state index in [1.165, 1.54) is 0 Å². The summed E-state index contributed by atoms with van der Waals surface area (Å²) in [4.78, 5) is 4.18. The second-order valence-electron chi connectivity index (χ2n) is 3.91. The molecule has 0 amide bonds. The Morgan fingerprint density at radius 1 is 1.44 bits per heavy atom. The molecular formula is C13H16N2O2S. The third kappa shape index (κ3) is 3.00. The van der Waals surface area contributed by atoms with E-state index in [1.807, 2.05) is 30.5 Å². The summed E-state index contributed by atoms with van der Waals surface area (Å²) in [7, 11) is 1.63. The summed E-state index contributed by atoms with van der Waals surface area (Å²) in [5, 5.41) is 2.87. The first-order chi connectivity index (χ1) is 8.70. The Balaban J connectivity index is 2.18. The predicted molar refractivity (Wildman–Crippen MR) is 72.0 cm³/mol. The second-order valence-corrected chi connectivity index (χ2v) is 4.89. The van der Waals surface area contributed by atoms with Gasteiger partial charge in [0.15, 0.2) is 0 Å². The van der Waals surface area contributed by atoms with Crippen molar-refractivity contribution in [1.29, 1.82) is 0 Å². The number of aromatic nitrogens is 1. The van der Waals surface area contributed by atoms with Gasteiger partial charge in [0, 0.05) is 29.2 Å². The molecule has 18 heavy (non-hydrogen) atoms. The van der Waals surface area contributed by atoms with Gasteiger partial charge in [-0.05, 0) is 13.0 Å². The number of hydrogen-bond acceptors (Lipinski definition) is 5. The molecular weight excluding hydrogens is 248 g/mol. The van der Waals surface area contributed by atoms with E-state index >= 15 is 0 Å². The molecule has 1 aromatic heterocycles. The Morgan fingerprint density at radius 2 is 2.28 bits per heavy atom. The fourth-order valence-electron chi connectivity index (χ4n) is 1.61. The van der Waals surface area contributed by atoms with Gasteiger partial charge in [0.25, 0.3) is 0 Å². The third-order valence-electron chi connectivity index (χ3n) is 2.55. The van der Waals surface area contributed by atoms with Gasteiger partial charge < -0.3 is 15.2 Å². The average Bonchev–Trinajstić information content (AvgIpc) is 2.88. The highest BCUT2D eigenvalue weighted by atomic mass is 32.1. The van der Waals surface area contributed by atoms with E-state index in [9.17, 15) is 0 Å². The molecule has 5 heteroatoms. The summed E-state index contributed by atoms with van der Waals surface area (Å²) in [5.74, 6) is 1.51. The van der Waals surface area contributed by atoms with Crippen molar-refractivity contribution >= 4 is 11.3 Å². The van der Waals surface area contributed by atoms with E-state index < -0.39 is 0 Å². The van der Waals surface area contributed by atoms with Crippen molar-refractivity contribution in [3.63, 3.8) is 0 Å². The highest BCUT2D eigenvalue weighted by Crippen LogP contribution is 2.29. The molecule has 0 fully saturated rings. The normalized spacial score (nSPS) is 12.2. The van der Waals surface area contributed by atoms with Crippen molar-refractivity contribution in [3.05, 3.63) is 40.3 Å². The lowest BCUT2D eigenvalue weighted by Gasteiger charge is -2.14. The van der Waals surface area contributed by atoms with Crippen LogP contribution < -0.4 is 15.2 Å². The van der Waals surface area contributed by atoms with Gasteiger partial charge in [-0.3, -0.25) is 0 Å². The minimum absolute atomic E-state index is 0.0813.